The monoisotopic (exact) mass is 316 g/mol. The van der Waals surface area contributed by atoms with Crippen molar-refractivity contribution < 1.29 is 9.53 Å². The molecule has 1 amide bonds. The van der Waals surface area contributed by atoms with Crippen LogP contribution in [0.3, 0.4) is 0 Å². The van der Waals surface area contributed by atoms with Crippen LogP contribution in [0.5, 0.6) is 5.88 Å². The van der Waals surface area contributed by atoms with Crippen LogP contribution in [0.2, 0.25) is 0 Å². The van der Waals surface area contributed by atoms with Crippen LogP contribution in [0, 0.1) is 0 Å². The third kappa shape index (κ3) is 3.94. The molecule has 1 fully saturated rings. The number of thioether (sulfide) groups is 1. The first-order valence-corrected chi connectivity index (χ1v) is 8.20. The summed E-state index contributed by atoms with van der Waals surface area (Å²) in [6.45, 7) is 0.338. The summed E-state index contributed by atoms with van der Waals surface area (Å²) < 4.78 is 5.79. The summed E-state index contributed by atoms with van der Waals surface area (Å²) in [7, 11) is 0. The van der Waals surface area contributed by atoms with Crippen molar-refractivity contribution in [2.75, 3.05) is 11.5 Å². The maximum atomic E-state index is 12.2. The normalized spacial score (nSPS) is 17.2. The molecule has 1 unspecified atom stereocenters. The van der Waals surface area contributed by atoms with Crippen molar-refractivity contribution >= 4 is 17.7 Å². The Morgan fingerprint density at radius 3 is 3.09 bits per heavy atom. The zero-order valence-corrected chi connectivity index (χ0v) is 12.8. The van der Waals surface area contributed by atoms with Crippen molar-refractivity contribution in [2.45, 2.75) is 19.1 Å². The highest BCUT2D eigenvalue weighted by molar-refractivity contribution is 7.99. The molecule has 0 saturated carbocycles. The number of nitrogens with one attached hydrogen (secondary N) is 1. The molecule has 3 rings (SSSR count). The minimum atomic E-state index is -0.182. The minimum Gasteiger partial charge on any atom is -0.473 e. The van der Waals surface area contributed by atoms with Gasteiger partial charge in [0.2, 0.25) is 5.88 Å². The predicted octanol–water partition coefficient (Wildman–Crippen LogP) is 1.69. The number of hydrogen-bond acceptors (Lipinski definition) is 6. The number of pyridine rings is 1. The summed E-state index contributed by atoms with van der Waals surface area (Å²) in [6.07, 6.45) is 7.62. The van der Waals surface area contributed by atoms with E-state index in [9.17, 15) is 4.79 Å². The van der Waals surface area contributed by atoms with Gasteiger partial charge in [-0.2, -0.15) is 11.8 Å². The molecule has 1 aliphatic heterocycles. The number of aromatic nitrogens is 3. The van der Waals surface area contributed by atoms with E-state index < -0.39 is 0 Å². The zero-order chi connectivity index (χ0) is 15.2. The Kier molecular flexibility index (Phi) is 4.85. The van der Waals surface area contributed by atoms with Gasteiger partial charge in [0.15, 0.2) is 0 Å². The van der Waals surface area contributed by atoms with Gasteiger partial charge in [-0.1, -0.05) is 0 Å². The van der Waals surface area contributed by atoms with Gasteiger partial charge in [-0.25, -0.2) is 4.98 Å². The Bertz CT molecular complexity index is 632. The van der Waals surface area contributed by atoms with Gasteiger partial charge in [-0.3, -0.25) is 14.8 Å². The Hall–Kier alpha value is -2.15. The fourth-order valence-corrected chi connectivity index (χ4v) is 3.18. The fourth-order valence-electron chi connectivity index (χ4n) is 2.09. The fraction of sp³-hybridized carbons (Fsp3) is 0.333. The largest absolute Gasteiger partial charge is 0.473 e. The number of amides is 1. The number of hydrogen-bond donors (Lipinski definition) is 1. The Morgan fingerprint density at radius 1 is 1.36 bits per heavy atom. The standard InChI is InChI=1S/C15H16N4O2S/c20-15(19-9-12-8-16-4-5-17-12)11-1-3-18-14(7-11)21-13-2-6-22-10-13/h1,3-5,7-8,13H,2,6,9-10H2,(H,19,20). The van der Waals surface area contributed by atoms with E-state index in [2.05, 4.69) is 20.3 Å². The van der Waals surface area contributed by atoms with E-state index >= 15 is 0 Å². The van der Waals surface area contributed by atoms with E-state index in [1.54, 1.807) is 36.9 Å². The average molecular weight is 316 g/mol. The lowest BCUT2D eigenvalue weighted by atomic mass is 10.2. The van der Waals surface area contributed by atoms with Gasteiger partial charge in [0, 0.05) is 36.0 Å². The van der Waals surface area contributed by atoms with Gasteiger partial charge in [0.05, 0.1) is 18.4 Å². The highest BCUT2D eigenvalue weighted by atomic mass is 32.2. The maximum Gasteiger partial charge on any atom is 0.251 e. The smallest absolute Gasteiger partial charge is 0.251 e. The third-order valence-corrected chi connectivity index (χ3v) is 4.35. The first-order chi connectivity index (χ1) is 10.8. The topological polar surface area (TPSA) is 77.0 Å². The molecule has 6 nitrogen and oxygen atoms in total. The van der Waals surface area contributed by atoms with Gasteiger partial charge in [-0.05, 0) is 18.2 Å². The van der Waals surface area contributed by atoms with E-state index in [0.717, 1.165) is 17.9 Å². The van der Waals surface area contributed by atoms with Crippen molar-refractivity contribution in [3.05, 3.63) is 48.2 Å². The summed E-state index contributed by atoms with van der Waals surface area (Å²) in [4.78, 5) is 24.4. The number of rotatable bonds is 5. The summed E-state index contributed by atoms with van der Waals surface area (Å²) in [6, 6.07) is 3.34. The molecular formula is C15H16N4O2S. The van der Waals surface area contributed by atoms with Gasteiger partial charge < -0.3 is 10.1 Å². The summed E-state index contributed by atoms with van der Waals surface area (Å²) in [5, 5.41) is 2.81. The third-order valence-electron chi connectivity index (χ3n) is 3.22. The average Bonchev–Trinajstić information content (AvgIpc) is 3.07. The zero-order valence-electron chi connectivity index (χ0n) is 11.9. The molecule has 0 bridgehead atoms. The van der Waals surface area contributed by atoms with Crippen LogP contribution in [0.25, 0.3) is 0 Å². The Labute approximate surface area is 132 Å². The molecule has 1 atom stereocenters. The molecule has 0 aliphatic carbocycles. The molecule has 22 heavy (non-hydrogen) atoms. The lowest BCUT2D eigenvalue weighted by Gasteiger charge is -2.12. The van der Waals surface area contributed by atoms with Crippen molar-refractivity contribution in [3.63, 3.8) is 0 Å². The van der Waals surface area contributed by atoms with Crippen LogP contribution in [0.4, 0.5) is 0 Å². The maximum absolute atomic E-state index is 12.2. The van der Waals surface area contributed by atoms with Gasteiger partial charge in [0.1, 0.15) is 6.10 Å². The van der Waals surface area contributed by atoms with Crippen LogP contribution >= 0.6 is 11.8 Å². The second kappa shape index (κ2) is 7.22. The molecule has 2 aromatic heterocycles. The molecule has 0 aromatic carbocycles. The van der Waals surface area contributed by atoms with Gasteiger partial charge in [-0.15, -0.1) is 0 Å². The van der Waals surface area contributed by atoms with E-state index in [0.29, 0.717) is 23.7 Å². The van der Waals surface area contributed by atoms with Crippen LogP contribution in [-0.2, 0) is 6.54 Å². The number of carbonyl (C=O) groups excluding carboxylic acids is 1. The quantitative estimate of drug-likeness (QED) is 0.904. The van der Waals surface area contributed by atoms with E-state index in [4.69, 9.17) is 4.74 Å². The van der Waals surface area contributed by atoms with E-state index in [1.807, 2.05) is 11.8 Å². The summed E-state index contributed by atoms with van der Waals surface area (Å²) in [5.74, 6) is 2.41. The first-order valence-electron chi connectivity index (χ1n) is 7.05. The molecule has 1 aliphatic rings. The van der Waals surface area contributed by atoms with Crippen molar-refractivity contribution in [3.8, 4) is 5.88 Å². The molecule has 0 radical (unpaired) electrons. The van der Waals surface area contributed by atoms with Crippen molar-refractivity contribution in [1.82, 2.24) is 20.3 Å². The number of nitrogens with zero attached hydrogens (tertiary/aromatic N) is 3. The van der Waals surface area contributed by atoms with E-state index in [1.165, 1.54) is 0 Å². The molecule has 1 N–H and O–H groups in total. The van der Waals surface area contributed by atoms with Crippen LogP contribution in [-0.4, -0.2) is 38.5 Å². The molecular weight excluding hydrogens is 300 g/mol. The highest BCUT2D eigenvalue weighted by Crippen LogP contribution is 2.22. The van der Waals surface area contributed by atoms with Gasteiger partial charge >= 0.3 is 0 Å². The molecule has 2 aromatic rings. The molecule has 0 spiro atoms. The second-order valence-electron chi connectivity index (χ2n) is 4.87. The molecule has 7 heteroatoms. The van der Waals surface area contributed by atoms with E-state index in [-0.39, 0.29) is 12.0 Å². The SMILES string of the molecule is O=C(NCc1cnccn1)c1ccnc(OC2CCSC2)c1. The van der Waals surface area contributed by atoms with Crippen molar-refractivity contribution in [2.24, 2.45) is 0 Å². The molecule has 1 saturated heterocycles. The minimum absolute atomic E-state index is 0.182. The Balaban J connectivity index is 1.59. The van der Waals surface area contributed by atoms with Crippen LogP contribution < -0.4 is 10.1 Å². The number of carbonyl (C=O) groups is 1. The number of ether oxygens (including phenoxy) is 1. The second-order valence-corrected chi connectivity index (χ2v) is 6.02. The lowest BCUT2D eigenvalue weighted by Crippen LogP contribution is -2.23. The summed E-state index contributed by atoms with van der Waals surface area (Å²) >= 11 is 1.87. The highest BCUT2D eigenvalue weighted by Gasteiger charge is 2.18. The van der Waals surface area contributed by atoms with Crippen LogP contribution in [0.1, 0.15) is 22.5 Å². The van der Waals surface area contributed by atoms with Crippen LogP contribution in [0.15, 0.2) is 36.9 Å². The first kappa shape index (κ1) is 14.8. The molecule has 3 heterocycles. The predicted molar refractivity (Wildman–Crippen MR) is 83.8 cm³/mol. The lowest BCUT2D eigenvalue weighted by molar-refractivity contribution is 0.0949. The Morgan fingerprint density at radius 2 is 2.32 bits per heavy atom. The van der Waals surface area contributed by atoms with Crippen molar-refractivity contribution in [1.29, 1.82) is 0 Å². The molecule has 114 valence electrons. The van der Waals surface area contributed by atoms with Gasteiger partial charge in [0.25, 0.3) is 5.91 Å². The summed E-state index contributed by atoms with van der Waals surface area (Å²) in [5.41, 5.74) is 1.24.